The molecule has 0 aliphatic heterocycles. The minimum Gasteiger partial charge on any atom is -0.399 e. The summed E-state index contributed by atoms with van der Waals surface area (Å²) in [5.41, 5.74) is 9.53. The molecular formula is C24H30N2O. The summed E-state index contributed by atoms with van der Waals surface area (Å²) in [5.74, 6) is 1.80. The number of nitriles is 1. The molecule has 0 spiro atoms. The average Bonchev–Trinajstić information content (AvgIpc) is 2.70. The monoisotopic (exact) mass is 362 g/mol. The summed E-state index contributed by atoms with van der Waals surface area (Å²) in [6.07, 6.45) is 14.9. The first-order valence-corrected chi connectivity index (χ1v) is 10.1. The van der Waals surface area contributed by atoms with Crippen LogP contribution in [0.3, 0.4) is 0 Å². The summed E-state index contributed by atoms with van der Waals surface area (Å²) < 4.78 is 0. The first-order chi connectivity index (χ1) is 13.1. The second kappa shape index (κ2) is 9.06. The molecule has 0 radical (unpaired) electrons. The maximum atomic E-state index is 10.2. The van der Waals surface area contributed by atoms with Crippen LogP contribution >= 0.6 is 0 Å². The number of nitrogens with zero attached hydrogens (tertiary/aromatic N) is 1. The molecule has 4 unspecified atom stereocenters. The lowest BCUT2D eigenvalue weighted by atomic mass is 9.64. The van der Waals surface area contributed by atoms with Gasteiger partial charge in [-0.15, -0.1) is 0 Å². The van der Waals surface area contributed by atoms with Crippen molar-refractivity contribution >= 4 is 5.57 Å². The summed E-state index contributed by atoms with van der Waals surface area (Å²) in [5, 5.41) is 19.5. The van der Waals surface area contributed by atoms with Crippen LogP contribution in [0.4, 0.5) is 0 Å². The molecule has 1 aromatic carbocycles. The summed E-state index contributed by atoms with van der Waals surface area (Å²) in [6.45, 7) is 1.99. The second-order valence-electron chi connectivity index (χ2n) is 8.03. The third kappa shape index (κ3) is 4.90. The Morgan fingerprint density at radius 3 is 2.78 bits per heavy atom. The Balaban J connectivity index is 1.70. The molecule has 0 bridgehead atoms. The standard InChI is InChI=1S/C24H30N2O/c1-17(23-8-4-3-7-20(23)16-25)10-12-21(26)13-11-19-15-22(27)14-18-6-2-5-9-24(18)19/h3-4,7-8,10-13,18-19,22,24,27H,2,5-6,9,14-15,26H2,1H3/b13-11+,17-10+,21-12-. The highest BCUT2D eigenvalue weighted by Crippen LogP contribution is 2.44. The Morgan fingerprint density at radius 2 is 1.96 bits per heavy atom. The Hall–Kier alpha value is -2.31. The van der Waals surface area contributed by atoms with Gasteiger partial charge in [0, 0.05) is 5.70 Å². The largest absolute Gasteiger partial charge is 0.399 e. The van der Waals surface area contributed by atoms with Gasteiger partial charge in [-0.1, -0.05) is 49.6 Å². The fraction of sp³-hybridized carbons (Fsp3) is 0.458. The molecular weight excluding hydrogens is 332 g/mol. The smallest absolute Gasteiger partial charge is 0.0998 e. The minimum absolute atomic E-state index is 0.172. The zero-order valence-electron chi connectivity index (χ0n) is 16.1. The van der Waals surface area contributed by atoms with Crippen LogP contribution in [0.25, 0.3) is 5.57 Å². The van der Waals surface area contributed by atoms with E-state index in [9.17, 15) is 10.4 Å². The minimum atomic E-state index is -0.172. The van der Waals surface area contributed by atoms with Gasteiger partial charge in [-0.2, -0.15) is 5.26 Å². The topological polar surface area (TPSA) is 70.0 Å². The highest BCUT2D eigenvalue weighted by Gasteiger charge is 2.36. The quantitative estimate of drug-likeness (QED) is 0.746. The van der Waals surface area contributed by atoms with E-state index < -0.39 is 0 Å². The van der Waals surface area contributed by atoms with E-state index in [0.29, 0.717) is 29.0 Å². The summed E-state index contributed by atoms with van der Waals surface area (Å²) in [7, 11) is 0. The van der Waals surface area contributed by atoms with Crippen LogP contribution in [0.15, 0.2) is 54.3 Å². The summed E-state index contributed by atoms with van der Waals surface area (Å²) >= 11 is 0. The second-order valence-corrected chi connectivity index (χ2v) is 8.03. The van der Waals surface area contributed by atoms with E-state index in [1.807, 2.05) is 49.4 Å². The van der Waals surface area contributed by atoms with E-state index in [-0.39, 0.29) is 6.10 Å². The number of nitrogens with two attached hydrogens (primary N) is 1. The molecule has 3 rings (SSSR count). The molecule has 0 amide bonds. The van der Waals surface area contributed by atoms with Crippen LogP contribution in [0.5, 0.6) is 0 Å². The van der Waals surface area contributed by atoms with Gasteiger partial charge in [-0.25, -0.2) is 0 Å². The lowest BCUT2D eigenvalue weighted by molar-refractivity contribution is 0.0230. The summed E-state index contributed by atoms with van der Waals surface area (Å²) in [4.78, 5) is 0. The normalized spacial score (nSPS) is 29.4. The van der Waals surface area contributed by atoms with Crippen LogP contribution in [0, 0.1) is 29.1 Å². The molecule has 0 heterocycles. The van der Waals surface area contributed by atoms with E-state index in [1.165, 1.54) is 25.7 Å². The predicted octanol–water partition coefficient (Wildman–Crippen LogP) is 4.94. The van der Waals surface area contributed by atoms with Gasteiger partial charge in [0.05, 0.1) is 17.7 Å². The number of hydrogen-bond acceptors (Lipinski definition) is 3. The molecule has 3 N–H and O–H groups in total. The molecule has 0 saturated heterocycles. The van der Waals surface area contributed by atoms with Gasteiger partial charge in [0.25, 0.3) is 0 Å². The van der Waals surface area contributed by atoms with E-state index in [0.717, 1.165) is 24.0 Å². The van der Waals surface area contributed by atoms with Gasteiger partial charge in [0.1, 0.15) is 0 Å². The molecule has 3 heteroatoms. The zero-order valence-corrected chi connectivity index (χ0v) is 16.1. The van der Waals surface area contributed by atoms with Crippen LogP contribution in [0.1, 0.15) is 56.6 Å². The molecule has 4 atom stereocenters. The Kier molecular flexibility index (Phi) is 6.53. The van der Waals surface area contributed by atoms with Crippen molar-refractivity contribution in [2.24, 2.45) is 23.5 Å². The fourth-order valence-electron chi connectivity index (χ4n) is 4.77. The number of hydrogen-bond donors (Lipinski definition) is 2. The van der Waals surface area contributed by atoms with Crippen molar-refractivity contribution in [2.75, 3.05) is 0 Å². The van der Waals surface area contributed by atoms with Gasteiger partial charge in [-0.05, 0) is 73.3 Å². The van der Waals surface area contributed by atoms with Crippen LogP contribution in [0.2, 0.25) is 0 Å². The van der Waals surface area contributed by atoms with E-state index >= 15 is 0 Å². The van der Waals surface area contributed by atoms with Gasteiger partial charge in [0.15, 0.2) is 0 Å². The van der Waals surface area contributed by atoms with Gasteiger partial charge in [0.2, 0.25) is 0 Å². The maximum absolute atomic E-state index is 10.2. The van der Waals surface area contributed by atoms with Crippen molar-refractivity contribution in [3.05, 3.63) is 65.4 Å². The highest BCUT2D eigenvalue weighted by molar-refractivity contribution is 5.70. The zero-order chi connectivity index (χ0) is 19.2. The van der Waals surface area contributed by atoms with Crippen molar-refractivity contribution in [3.8, 4) is 6.07 Å². The third-order valence-corrected chi connectivity index (χ3v) is 6.17. The number of rotatable bonds is 4. The molecule has 1 aromatic rings. The van der Waals surface area contributed by atoms with Crippen molar-refractivity contribution in [3.63, 3.8) is 0 Å². The predicted molar refractivity (Wildman–Crippen MR) is 110 cm³/mol. The first-order valence-electron chi connectivity index (χ1n) is 10.1. The van der Waals surface area contributed by atoms with E-state index in [1.54, 1.807) is 0 Å². The number of benzene rings is 1. The number of allylic oxidation sites excluding steroid dienone is 5. The lowest BCUT2D eigenvalue weighted by Gasteiger charge is -2.42. The van der Waals surface area contributed by atoms with E-state index in [4.69, 9.17) is 5.73 Å². The van der Waals surface area contributed by atoms with E-state index in [2.05, 4.69) is 12.1 Å². The Morgan fingerprint density at radius 1 is 1.19 bits per heavy atom. The van der Waals surface area contributed by atoms with Crippen molar-refractivity contribution < 1.29 is 5.11 Å². The fourth-order valence-corrected chi connectivity index (χ4v) is 4.77. The molecule has 2 fully saturated rings. The molecule has 3 nitrogen and oxygen atoms in total. The molecule has 2 aliphatic carbocycles. The molecule has 2 saturated carbocycles. The van der Waals surface area contributed by atoms with Crippen molar-refractivity contribution in [1.29, 1.82) is 5.26 Å². The Labute approximate surface area is 162 Å². The average molecular weight is 363 g/mol. The molecule has 142 valence electrons. The SMILES string of the molecule is C\C(=C/C=C(N)/C=C/C1CC(O)CC2CCCCC12)c1ccccc1C#N. The molecule has 2 aliphatic rings. The van der Waals surface area contributed by atoms with Gasteiger partial charge >= 0.3 is 0 Å². The van der Waals surface area contributed by atoms with Gasteiger partial charge in [-0.3, -0.25) is 0 Å². The number of aliphatic hydroxyl groups is 1. The first kappa shape index (κ1) is 19.5. The molecule has 0 aromatic heterocycles. The maximum Gasteiger partial charge on any atom is 0.0998 e. The third-order valence-electron chi connectivity index (χ3n) is 6.17. The van der Waals surface area contributed by atoms with Crippen LogP contribution < -0.4 is 5.73 Å². The van der Waals surface area contributed by atoms with Crippen molar-refractivity contribution in [2.45, 2.75) is 51.6 Å². The lowest BCUT2D eigenvalue weighted by Crippen LogP contribution is -2.36. The van der Waals surface area contributed by atoms with Crippen LogP contribution in [-0.2, 0) is 0 Å². The summed E-state index contributed by atoms with van der Waals surface area (Å²) in [6, 6.07) is 9.83. The highest BCUT2D eigenvalue weighted by atomic mass is 16.3. The number of fused-ring (bicyclic) bond motifs is 1. The van der Waals surface area contributed by atoms with Gasteiger partial charge < -0.3 is 10.8 Å². The van der Waals surface area contributed by atoms with Crippen molar-refractivity contribution in [1.82, 2.24) is 0 Å². The van der Waals surface area contributed by atoms with Crippen LogP contribution in [-0.4, -0.2) is 11.2 Å². The molecule has 27 heavy (non-hydrogen) atoms. The number of aliphatic hydroxyl groups excluding tert-OH is 1. The Bertz CT molecular complexity index is 784.